The van der Waals surface area contributed by atoms with Crippen LogP contribution in [0.15, 0.2) is 29.3 Å². The molecule has 1 aromatic carbocycles. The number of aliphatic carboxylic acids is 1. The number of carbonyl (C=O) groups is 3. The fraction of sp³-hybridized carbons (Fsp3) is 0.375. The molecule has 0 bridgehead atoms. The minimum Gasteiger partial charge on any atom is -0.480 e. The molecular weight excluding hydrogens is 342 g/mol. The number of nitrogens with zero attached hydrogens (tertiary/aromatic N) is 2. The van der Waals surface area contributed by atoms with Crippen molar-refractivity contribution in [1.29, 1.82) is 0 Å². The normalized spacial score (nSPS) is 14.0. The van der Waals surface area contributed by atoms with Crippen LogP contribution in [0.3, 0.4) is 0 Å². The van der Waals surface area contributed by atoms with Gasteiger partial charge in [0.2, 0.25) is 5.91 Å². The van der Waals surface area contributed by atoms with Gasteiger partial charge >= 0.3 is 11.9 Å². The van der Waals surface area contributed by atoms with E-state index in [0.29, 0.717) is 17.9 Å². The van der Waals surface area contributed by atoms with Crippen molar-refractivity contribution in [2.75, 3.05) is 24.5 Å². The van der Waals surface area contributed by atoms with Gasteiger partial charge in [-0.25, -0.2) is 9.59 Å². The lowest BCUT2D eigenvalue weighted by atomic mass is 10.1. The molecule has 0 saturated heterocycles. The first-order chi connectivity index (χ1) is 12.4. The fourth-order valence-corrected chi connectivity index (χ4v) is 2.52. The summed E-state index contributed by atoms with van der Waals surface area (Å²) in [6.45, 7) is 0.0176. The lowest BCUT2D eigenvalue weighted by molar-refractivity contribution is -0.142. The highest BCUT2D eigenvalue weighted by atomic mass is 16.5. The zero-order valence-electron chi connectivity index (χ0n) is 14.1. The van der Waals surface area contributed by atoms with E-state index < -0.39 is 23.9 Å². The van der Waals surface area contributed by atoms with Crippen molar-refractivity contribution in [2.45, 2.75) is 18.9 Å². The van der Waals surface area contributed by atoms with Gasteiger partial charge in [-0.3, -0.25) is 9.79 Å². The molecule has 0 fully saturated rings. The highest BCUT2D eigenvalue weighted by Crippen LogP contribution is 2.30. The number of aliphatic imine (C=N–C) groups is 1. The molecule has 1 aliphatic rings. The summed E-state index contributed by atoms with van der Waals surface area (Å²) in [5, 5.41) is 11.7. The van der Waals surface area contributed by atoms with Crippen LogP contribution >= 0.6 is 0 Å². The van der Waals surface area contributed by atoms with E-state index in [4.69, 9.17) is 16.2 Å². The summed E-state index contributed by atoms with van der Waals surface area (Å²) in [5.74, 6) is -1.85. The second-order valence-electron chi connectivity index (χ2n) is 5.71. The number of hydrogen-bond acceptors (Lipinski definition) is 6. The van der Waals surface area contributed by atoms with E-state index in [9.17, 15) is 19.5 Å². The molecule has 1 heterocycles. The van der Waals surface area contributed by atoms with E-state index in [-0.39, 0.29) is 32.0 Å². The zero-order chi connectivity index (χ0) is 19.1. The van der Waals surface area contributed by atoms with Crippen LogP contribution < -0.4 is 26.4 Å². The molecule has 1 atom stereocenters. The molecule has 26 heavy (non-hydrogen) atoms. The number of nitrogens with two attached hydrogens (primary N) is 2. The molecule has 0 aliphatic carbocycles. The van der Waals surface area contributed by atoms with Crippen LogP contribution in [-0.2, 0) is 14.4 Å². The molecule has 6 N–H and O–H groups in total. The third-order valence-electron chi connectivity index (χ3n) is 3.66. The predicted octanol–water partition coefficient (Wildman–Crippen LogP) is -0.965. The van der Waals surface area contributed by atoms with Crippen molar-refractivity contribution in [3.63, 3.8) is 0 Å². The molecule has 10 nitrogen and oxygen atoms in total. The SMILES string of the molecule is NC(N)=NCCCC(NC(=O)CN1CC(=O)Oc2ccccc21)C(=O)O. The van der Waals surface area contributed by atoms with Gasteiger partial charge in [0.05, 0.1) is 12.2 Å². The van der Waals surface area contributed by atoms with E-state index >= 15 is 0 Å². The lowest BCUT2D eigenvalue weighted by Crippen LogP contribution is -2.48. The summed E-state index contributed by atoms with van der Waals surface area (Å²) in [5.41, 5.74) is 11.0. The molecular formula is C16H21N5O5. The van der Waals surface area contributed by atoms with Crippen molar-refractivity contribution in [3.8, 4) is 5.75 Å². The number of carbonyl (C=O) groups excluding carboxylic acids is 2. The van der Waals surface area contributed by atoms with Gasteiger partial charge < -0.3 is 31.5 Å². The second-order valence-corrected chi connectivity index (χ2v) is 5.71. The zero-order valence-corrected chi connectivity index (χ0v) is 14.1. The van der Waals surface area contributed by atoms with Crippen molar-refractivity contribution in [1.82, 2.24) is 5.32 Å². The number of carboxylic acids is 1. The van der Waals surface area contributed by atoms with Crippen molar-refractivity contribution >= 4 is 29.5 Å². The number of para-hydroxylation sites is 2. The number of rotatable bonds is 8. The molecule has 0 radical (unpaired) electrons. The highest BCUT2D eigenvalue weighted by Gasteiger charge is 2.27. The van der Waals surface area contributed by atoms with E-state index in [1.165, 1.54) is 4.90 Å². The van der Waals surface area contributed by atoms with E-state index in [2.05, 4.69) is 10.3 Å². The smallest absolute Gasteiger partial charge is 0.331 e. The number of benzene rings is 1. The van der Waals surface area contributed by atoms with Crippen molar-refractivity contribution in [2.24, 2.45) is 16.5 Å². The third kappa shape index (κ3) is 5.36. The Kier molecular flexibility index (Phi) is 6.36. The Bertz CT molecular complexity index is 717. The van der Waals surface area contributed by atoms with Crippen molar-refractivity contribution < 1.29 is 24.2 Å². The topological polar surface area (TPSA) is 160 Å². The molecule has 2 rings (SSSR count). The van der Waals surface area contributed by atoms with Gasteiger partial charge in [-0.15, -0.1) is 0 Å². The molecule has 0 aromatic heterocycles. The van der Waals surface area contributed by atoms with Crippen LogP contribution in [0.5, 0.6) is 5.75 Å². The number of amides is 1. The maximum absolute atomic E-state index is 12.2. The Morgan fingerprint density at radius 1 is 1.35 bits per heavy atom. The molecule has 10 heteroatoms. The first kappa shape index (κ1) is 19.0. The van der Waals surface area contributed by atoms with Gasteiger partial charge in [-0.05, 0) is 25.0 Å². The monoisotopic (exact) mass is 363 g/mol. The molecule has 1 unspecified atom stereocenters. The summed E-state index contributed by atoms with van der Waals surface area (Å²) >= 11 is 0. The second kappa shape index (κ2) is 8.70. The molecule has 1 amide bonds. The average Bonchev–Trinajstić information content (AvgIpc) is 2.57. The van der Waals surface area contributed by atoms with Crippen LogP contribution in [-0.4, -0.2) is 54.6 Å². The van der Waals surface area contributed by atoms with Crippen LogP contribution in [0.4, 0.5) is 5.69 Å². The number of carboxylic acid groups (broad SMARTS) is 1. The molecule has 0 saturated carbocycles. The van der Waals surface area contributed by atoms with Gasteiger partial charge in [-0.2, -0.15) is 0 Å². The van der Waals surface area contributed by atoms with Crippen molar-refractivity contribution in [3.05, 3.63) is 24.3 Å². The standard InChI is InChI=1S/C16H21N5O5/c17-16(18)19-7-3-4-10(15(24)25)20-13(22)8-21-9-14(23)26-12-6-2-1-5-11(12)21/h1-2,5-6,10H,3-4,7-9H2,(H,20,22)(H,24,25)(H4,17,18,19). The van der Waals surface area contributed by atoms with Gasteiger partial charge in [-0.1, -0.05) is 12.1 Å². The Hall–Kier alpha value is -3.30. The lowest BCUT2D eigenvalue weighted by Gasteiger charge is -2.29. The molecule has 1 aliphatic heterocycles. The Labute approximate surface area is 149 Å². The first-order valence-corrected chi connectivity index (χ1v) is 7.99. The van der Waals surface area contributed by atoms with E-state index in [1.54, 1.807) is 24.3 Å². The van der Waals surface area contributed by atoms with Gasteiger partial charge in [0.15, 0.2) is 11.7 Å². The summed E-state index contributed by atoms with van der Waals surface area (Å²) in [6.07, 6.45) is 0.574. The maximum atomic E-state index is 12.2. The number of guanidine groups is 1. The summed E-state index contributed by atoms with van der Waals surface area (Å²) in [7, 11) is 0. The number of nitrogens with one attached hydrogen (secondary N) is 1. The number of ether oxygens (including phenoxy) is 1. The predicted molar refractivity (Wildman–Crippen MR) is 93.8 cm³/mol. The maximum Gasteiger partial charge on any atom is 0.331 e. The first-order valence-electron chi connectivity index (χ1n) is 7.99. The van der Waals surface area contributed by atoms with Crippen LogP contribution in [0.1, 0.15) is 12.8 Å². The van der Waals surface area contributed by atoms with E-state index in [1.807, 2.05) is 0 Å². The molecule has 0 spiro atoms. The third-order valence-corrected chi connectivity index (χ3v) is 3.66. The van der Waals surface area contributed by atoms with Crippen LogP contribution in [0.2, 0.25) is 0 Å². The largest absolute Gasteiger partial charge is 0.480 e. The minimum atomic E-state index is -1.15. The Morgan fingerprint density at radius 3 is 2.77 bits per heavy atom. The Balaban J connectivity index is 1.94. The number of anilines is 1. The van der Waals surface area contributed by atoms with Gasteiger partial charge in [0.25, 0.3) is 0 Å². The molecule has 140 valence electrons. The summed E-state index contributed by atoms with van der Waals surface area (Å²) < 4.78 is 5.11. The quantitative estimate of drug-likeness (QED) is 0.151. The number of fused-ring (bicyclic) bond motifs is 1. The summed E-state index contributed by atoms with van der Waals surface area (Å²) in [4.78, 5) is 40.5. The van der Waals surface area contributed by atoms with Gasteiger partial charge in [0.1, 0.15) is 12.6 Å². The Morgan fingerprint density at radius 2 is 2.08 bits per heavy atom. The number of hydrogen-bond donors (Lipinski definition) is 4. The minimum absolute atomic E-state index is 0.0726. The molecule has 1 aromatic rings. The highest BCUT2D eigenvalue weighted by molar-refractivity contribution is 5.90. The van der Waals surface area contributed by atoms with Crippen LogP contribution in [0, 0.1) is 0 Å². The van der Waals surface area contributed by atoms with Crippen LogP contribution in [0.25, 0.3) is 0 Å². The average molecular weight is 363 g/mol. The number of esters is 1. The fourth-order valence-electron chi connectivity index (χ4n) is 2.52. The van der Waals surface area contributed by atoms with Gasteiger partial charge in [0, 0.05) is 6.54 Å². The summed E-state index contributed by atoms with van der Waals surface area (Å²) in [6, 6.07) is 5.75. The van der Waals surface area contributed by atoms with E-state index in [0.717, 1.165) is 0 Å².